The Labute approximate surface area is 112 Å². The third-order valence-corrected chi connectivity index (χ3v) is 3.19. The normalized spacial score (nSPS) is 12.2. The molecule has 0 amide bonds. The van der Waals surface area contributed by atoms with E-state index in [1.54, 1.807) is 25.6 Å². The van der Waals surface area contributed by atoms with Crippen molar-refractivity contribution in [3.63, 3.8) is 0 Å². The van der Waals surface area contributed by atoms with Crippen LogP contribution < -0.4 is 10.5 Å². The van der Waals surface area contributed by atoms with Gasteiger partial charge in [0.05, 0.1) is 13.3 Å². The van der Waals surface area contributed by atoms with Gasteiger partial charge < -0.3 is 10.5 Å². The summed E-state index contributed by atoms with van der Waals surface area (Å²) >= 11 is 0. The van der Waals surface area contributed by atoms with E-state index < -0.39 is 0 Å². The van der Waals surface area contributed by atoms with Crippen LogP contribution >= 0.6 is 0 Å². The van der Waals surface area contributed by atoms with Crippen molar-refractivity contribution in [2.45, 2.75) is 19.4 Å². The largest absolute Gasteiger partial charge is 0.495 e. The number of hydrogen-bond donors (Lipinski definition) is 1. The van der Waals surface area contributed by atoms with Gasteiger partial charge in [0, 0.05) is 17.8 Å². The van der Waals surface area contributed by atoms with Gasteiger partial charge in [0.2, 0.25) is 0 Å². The van der Waals surface area contributed by atoms with Crippen molar-refractivity contribution in [1.82, 2.24) is 4.98 Å². The predicted molar refractivity (Wildman–Crippen MR) is 72.6 cm³/mol. The first-order valence-electron chi connectivity index (χ1n) is 6.10. The molecule has 0 spiro atoms. The lowest BCUT2D eigenvalue weighted by atomic mass is 9.97. The summed E-state index contributed by atoms with van der Waals surface area (Å²) in [5, 5.41) is 0. The molecule has 0 fully saturated rings. The van der Waals surface area contributed by atoms with Crippen LogP contribution in [0.2, 0.25) is 0 Å². The molecule has 1 heterocycles. The maximum Gasteiger partial charge on any atom is 0.141 e. The number of rotatable bonds is 4. The number of benzene rings is 1. The van der Waals surface area contributed by atoms with Crippen molar-refractivity contribution in [2.24, 2.45) is 5.73 Å². The molecule has 0 saturated carbocycles. The highest BCUT2D eigenvalue weighted by Gasteiger charge is 2.14. The summed E-state index contributed by atoms with van der Waals surface area (Å²) in [6, 6.07) is 6.33. The van der Waals surface area contributed by atoms with Crippen molar-refractivity contribution < 1.29 is 9.13 Å². The molecular weight excluding hydrogens is 243 g/mol. The maximum atomic E-state index is 13.3. The SMILES string of the molecule is COc1cnccc1C(N)Cc1cc(F)ccc1C. The van der Waals surface area contributed by atoms with Gasteiger partial charge in [0.1, 0.15) is 11.6 Å². The minimum absolute atomic E-state index is 0.241. The summed E-state index contributed by atoms with van der Waals surface area (Å²) < 4.78 is 18.5. The summed E-state index contributed by atoms with van der Waals surface area (Å²) in [6.45, 7) is 1.95. The van der Waals surface area contributed by atoms with Gasteiger partial charge in [0.25, 0.3) is 0 Å². The molecule has 0 aliphatic heterocycles. The van der Waals surface area contributed by atoms with E-state index >= 15 is 0 Å². The fourth-order valence-electron chi connectivity index (χ4n) is 2.07. The Balaban J connectivity index is 2.25. The van der Waals surface area contributed by atoms with Gasteiger partial charge in [-0.2, -0.15) is 0 Å². The molecule has 4 heteroatoms. The van der Waals surface area contributed by atoms with Crippen molar-refractivity contribution in [3.8, 4) is 5.75 Å². The Bertz CT molecular complexity index is 572. The van der Waals surface area contributed by atoms with Crippen LogP contribution in [0, 0.1) is 12.7 Å². The van der Waals surface area contributed by atoms with Crippen LogP contribution in [0.4, 0.5) is 4.39 Å². The number of hydrogen-bond acceptors (Lipinski definition) is 3. The first-order valence-corrected chi connectivity index (χ1v) is 6.10. The van der Waals surface area contributed by atoms with Crippen molar-refractivity contribution >= 4 is 0 Å². The standard InChI is InChI=1S/C15H17FN2O/c1-10-3-4-12(16)7-11(10)8-14(17)13-5-6-18-9-15(13)19-2/h3-7,9,14H,8,17H2,1-2H3. The summed E-state index contributed by atoms with van der Waals surface area (Å²) in [5.74, 6) is 0.415. The molecule has 0 saturated heterocycles. The lowest BCUT2D eigenvalue weighted by Gasteiger charge is -2.16. The average Bonchev–Trinajstić information content (AvgIpc) is 2.42. The Morgan fingerprint density at radius 3 is 2.89 bits per heavy atom. The van der Waals surface area contributed by atoms with Gasteiger partial charge in [-0.3, -0.25) is 4.98 Å². The Morgan fingerprint density at radius 2 is 2.16 bits per heavy atom. The second-order valence-corrected chi connectivity index (χ2v) is 4.50. The lowest BCUT2D eigenvalue weighted by Crippen LogP contribution is -2.15. The number of pyridine rings is 1. The van der Waals surface area contributed by atoms with Gasteiger partial charge in [-0.15, -0.1) is 0 Å². The molecule has 1 aromatic carbocycles. The van der Waals surface area contributed by atoms with E-state index in [-0.39, 0.29) is 11.9 Å². The predicted octanol–water partition coefficient (Wildman–Crippen LogP) is 2.78. The van der Waals surface area contributed by atoms with Crippen LogP contribution in [0.5, 0.6) is 5.75 Å². The zero-order valence-corrected chi connectivity index (χ0v) is 11.1. The molecule has 0 aliphatic rings. The quantitative estimate of drug-likeness (QED) is 0.919. The lowest BCUT2D eigenvalue weighted by molar-refractivity contribution is 0.403. The van der Waals surface area contributed by atoms with Crippen molar-refractivity contribution in [3.05, 3.63) is 59.2 Å². The molecule has 1 unspecified atom stereocenters. The zero-order valence-electron chi connectivity index (χ0n) is 11.1. The molecule has 0 aliphatic carbocycles. The summed E-state index contributed by atoms with van der Waals surface area (Å²) in [4.78, 5) is 4.00. The van der Waals surface area contributed by atoms with Crippen molar-refractivity contribution in [2.75, 3.05) is 7.11 Å². The first-order chi connectivity index (χ1) is 9.11. The van der Waals surface area contributed by atoms with Gasteiger partial charge in [-0.05, 0) is 42.7 Å². The van der Waals surface area contributed by atoms with Crippen LogP contribution in [-0.4, -0.2) is 12.1 Å². The maximum absolute atomic E-state index is 13.3. The summed E-state index contributed by atoms with van der Waals surface area (Å²) in [7, 11) is 1.58. The molecular formula is C15H17FN2O. The monoisotopic (exact) mass is 260 g/mol. The highest BCUT2D eigenvalue weighted by atomic mass is 19.1. The van der Waals surface area contributed by atoms with E-state index in [2.05, 4.69) is 4.98 Å². The number of ether oxygens (including phenoxy) is 1. The first kappa shape index (κ1) is 13.5. The van der Waals surface area contributed by atoms with Crippen LogP contribution in [-0.2, 0) is 6.42 Å². The number of halogens is 1. The fourth-order valence-corrected chi connectivity index (χ4v) is 2.07. The molecule has 2 N–H and O–H groups in total. The number of nitrogens with two attached hydrogens (primary N) is 1. The van der Waals surface area contributed by atoms with Gasteiger partial charge in [-0.1, -0.05) is 6.07 Å². The molecule has 1 aromatic heterocycles. The van der Waals surface area contributed by atoms with E-state index in [1.807, 2.05) is 13.0 Å². The minimum Gasteiger partial charge on any atom is -0.495 e. The van der Waals surface area contributed by atoms with E-state index in [4.69, 9.17) is 10.5 Å². The second kappa shape index (κ2) is 5.80. The van der Waals surface area contributed by atoms with Crippen LogP contribution in [0.1, 0.15) is 22.7 Å². The summed E-state index contributed by atoms with van der Waals surface area (Å²) in [5.41, 5.74) is 9.01. The molecule has 2 rings (SSSR count). The van der Waals surface area contributed by atoms with Gasteiger partial charge >= 0.3 is 0 Å². The second-order valence-electron chi connectivity index (χ2n) is 4.50. The number of nitrogens with zero attached hydrogens (tertiary/aromatic N) is 1. The molecule has 19 heavy (non-hydrogen) atoms. The van der Waals surface area contributed by atoms with E-state index in [0.29, 0.717) is 12.2 Å². The number of methoxy groups -OCH3 is 1. The Kier molecular flexibility index (Phi) is 4.12. The highest BCUT2D eigenvalue weighted by Crippen LogP contribution is 2.25. The third kappa shape index (κ3) is 3.09. The third-order valence-electron chi connectivity index (χ3n) is 3.19. The zero-order chi connectivity index (χ0) is 13.8. The minimum atomic E-state index is -0.251. The molecule has 0 radical (unpaired) electrons. The van der Waals surface area contributed by atoms with Gasteiger partial charge in [-0.25, -0.2) is 4.39 Å². The smallest absolute Gasteiger partial charge is 0.141 e. The van der Waals surface area contributed by atoms with Crippen molar-refractivity contribution in [1.29, 1.82) is 0 Å². The van der Waals surface area contributed by atoms with Crippen LogP contribution in [0.25, 0.3) is 0 Å². The number of aromatic nitrogens is 1. The molecule has 1 atom stereocenters. The van der Waals surface area contributed by atoms with E-state index in [1.165, 1.54) is 12.1 Å². The Hall–Kier alpha value is -1.94. The topological polar surface area (TPSA) is 48.1 Å². The summed E-state index contributed by atoms with van der Waals surface area (Å²) in [6.07, 6.45) is 3.87. The highest BCUT2D eigenvalue weighted by molar-refractivity contribution is 5.35. The average molecular weight is 260 g/mol. The fraction of sp³-hybridized carbons (Fsp3) is 0.267. The van der Waals surface area contributed by atoms with Gasteiger partial charge in [0.15, 0.2) is 0 Å². The molecule has 3 nitrogen and oxygen atoms in total. The molecule has 0 bridgehead atoms. The Morgan fingerprint density at radius 1 is 1.37 bits per heavy atom. The van der Waals surface area contributed by atoms with E-state index in [0.717, 1.165) is 16.7 Å². The molecule has 100 valence electrons. The van der Waals surface area contributed by atoms with Crippen LogP contribution in [0.15, 0.2) is 36.7 Å². The van der Waals surface area contributed by atoms with Crippen LogP contribution in [0.3, 0.4) is 0 Å². The number of aryl methyl sites for hydroxylation is 1. The molecule has 2 aromatic rings. The van der Waals surface area contributed by atoms with E-state index in [9.17, 15) is 4.39 Å².